The Morgan fingerprint density at radius 3 is 2.47 bits per heavy atom. The summed E-state index contributed by atoms with van der Waals surface area (Å²) in [5.74, 6) is 0.225. The number of halogens is 2. The minimum Gasteiger partial charge on any atom is -0.321 e. The molecule has 0 N–H and O–H groups in total. The molecule has 3 amide bonds. The fourth-order valence-electron chi connectivity index (χ4n) is 3.97. The molecule has 1 aromatic heterocycles. The molecule has 2 aliphatic rings. The van der Waals surface area contributed by atoms with Crippen molar-refractivity contribution in [2.24, 2.45) is 4.99 Å². The number of hydrogen-bond donors (Lipinski definition) is 0. The van der Waals surface area contributed by atoms with Crippen LogP contribution in [-0.2, 0) is 11.3 Å². The van der Waals surface area contributed by atoms with Crippen molar-refractivity contribution in [2.75, 3.05) is 13.6 Å². The summed E-state index contributed by atoms with van der Waals surface area (Å²) in [6.45, 7) is 6.21. The molecular formula is C20H22Cl2N6O2. The van der Waals surface area contributed by atoms with E-state index in [1.54, 1.807) is 30.8 Å². The average molecular weight is 449 g/mol. The highest BCUT2D eigenvalue weighted by Gasteiger charge is 2.52. The Morgan fingerprint density at radius 1 is 1.13 bits per heavy atom. The highest BCUT2D eigenvalue weighted by Crippen LogP contribution is 2.31. The molecule has 1 saturated heterocycles. The van der Waals surface area contributed by atoms with Crippen LogP contribution in [-0.4, -0.2) is 68.2 Å². The number of aliphatic imine (C=N–C) groups is 1. The average Bonchev–Trinajstić information content (AvgIpc) is 3.22. The van der Waals surface area contributed by atoms with Crippen molar-refractivity contribution in [3.63, 3.8) is 0 Å². The number of rotatable bonds is 3. The molecule has 2 atom stereocenters. The summed E-state index contributed by atoms with van der Waals surface area (Å²) in [4.78, 5) is 35.3. The Morgan fingerprint density at radius 2 is 1.87 bits per heavy atom. The molecule has 10 heteroatoms. The summed E-state index contributed by atoms with van der Waals surface area (Å²) in [6, 6.07) is 6.17. The van der Waals surface area contributed by atoms with E-state index < -0.39 is 12.2 Å². The number of carbonyl (C=O) groups excluding carboxylic acids is 2. The van der Waals surface area contributed by atoms with Gasteiger partial charge in [-0.15, -0.1) is 0 Å². The van der Waals surface area contributed by atoms with Gasteiger partial charge in [-0.25, -0.2) is 14.5 Å². The molecule has 2 unspecified atom stereocenters. The third-order valence-electron chi connectivity index (χ3n) is 5.44. The molecule has 2 aromatic rings. The summed E-state index contributed by atoms with van der Waals surface area (Å²) in [7, 11) is 1.66. The molecule has 30 heavy (non-hydrogen) atoms. The molecule has 1 aromatic carbocycles. The quantitative estimate of drug-likeness (QED) is 0.722. The monoisotopic (exact) mass is 448 g/mol. The summed E-state index contributed by atoms with van der Waals surface area (Å²) in [6.07, 6.45) is -0.641. The smallest absolute Gasteiger partial charge is 0.321 e. The number of imide groups is 1. The van der Waals surface area contributed by atoms with Gasteiger partial charge < -0.3 is 9.80 Å². The van der Waals surface area contributed by atoms with Gasteiger partial charge in [-0.3, -0.25) is 9.69 Å². The van der Waals surface area contributed by atoms with E-state index in [0.29, 0.717) is 22.5 Å². The number of aryl methyl sites for hydroxylation is 2. The van der Waals surface area contributed by atoms with E-state index in [1.165, 1.54) is 9.80 Å². The number of benzene rings is 1. The molecule has 4 rings (SSSR count). The van der Waals surface area contributed by atoms with E-state index in [9.17, 15) is 9.59 Å². The first kappa shape index (κ1) is 20.7. The zero-order valence-corrected chi connectivity index (χ0v) is 18.6. The van der Waals surface area contributed by atoms with Gasteiger partial charge in [0.25, 0.3) is 5.91 Å². The second-order valence-electron chi connectivity index (χ2n) is 7.47. The van der Waals surface area contributed by atoms with E-state index in [0.717, 1.165) is 17.0 Å². The predicted molar refractivity (Wildman–Crippen MR) is 115 cm³/mol. The fraction of sp³-hybridized carbons (Fsp3) is 0.400. The SMILES string of the molecule is CCN1C(=O)C2C(N=C(n3nc(C)cc3C)N2Cc2ccc(Cl)cc2Cl)N(C)C1=O. The van der Waals surface area contributed by atoms with Gasteiger partial charge in [0, 0.05) is 35.9 Å². The van der Waals surface area contributed by atoms with E-state index in [-0.39, 0.29) is 18.5 Å². The van der Waals surface area contributed by atoms with Gasteiger partial charge >= 0.3 is 6.03 Å². The van der Waals surface area contributed by atoms with Gasteiger partial charge in [0.05, 0.1) is 5.69 Å². The van der Waals surface area contributed by atoms with Crippen LogP contribution in [0.5, 0.6) is 0 Å². The van der Waals surface area contributed by atoms with Gasteiger partial charge in [-0.2, -0.15) is 5.10 Å². The van der Waals surface area contributed by atoms with Crippen LogP contribution in [0.3, 0.4) is 0 Å². The first-order valence-electron chi connectivity index (χ1n) is 9.63. The number of nitrogens with zero attached hydrogens (tertiary/aromatic N) is 6. The molecule has 1 fully saturated rings. The third kappa shape index (κ3) is 3.24. The number of carbonyl (C=O) groups is 2. The van der Waals surface area contributed by atoms with Gasteiger partial charge in [0.1, 0.15) is 0 Å². The van der Waals surface area contributed by atoms with Gasteiger partial charge in [0.2, 0.25) is 5.96 Å². The largest absolute Gasteiger partial charge is 0.328 e. The lowest BCUT2D eigenvalue weighted by Gasteiger charge is -2.41. The molecule has 0 spiro atoms. The molecule has 3 heterocycles. The molecule has 8 nitrogen and oxygen atoms in total. The maximum atomic E-state index is 13.3. The Kier molecular flexibility index (Phi) is 5.23. The Hall–Kier alpha value is -2.58. The highest BCUT2D eigenvalue weighted by atomic mass is 35.5. The fourth-order valence-corrected chi connectivity index (χ4v) is 4.43. The van der Waals surface area contributed by atoms with Crippen LogP contribution in [0.25, 0.3) is 0 Å². The lowest BCUT2D eigenvalue weighted by molar-refractivity contribution is -0.137. The lowest BCUT2D eigenvalue weighted by Crippen LogP contribution is -2.65. The van der Waals surface area contributed by atoms with Crippen molar-refractivity contribution in [3.8, 4) is 0 Å². The molecule has 0 bridgehead atoms. The number of amides is 3. The van der Waals surface area contributed by atoms with E-state index in [2.05, 4.69) is 5.10 Å². The number of urea groups is 1. The van der Waals surface area contributed by atoms with Gasteiger partial charge in [0.15, 0.2) is 12.2 Å². The molecule has 158 valence electrons. The molecule has 0 aliphatic carbocycles. The van der Waals surface area contributed by atoms with Crippen LogP contribution < -0.4 is 0 Å². The second-order valence-corrected chi connectivity index (χ2v) is 8.31. The number of hydrogen-bond acceptors (Lipinski definition) is 5. The number of fused-ring (bicyclic) bond motifs is 1. The van der Waals surface area contributed by atoms with Crippen molar-refractivity contribution in [3.05, 3.63) is 51.3 Å². The first-order valence-corrected chi connectivity index (χ1v) is 10.4. The van der Waals surface area contributed by atoms with Crippen molar-refractivity contribution in [2.45, 2.75) is 39.5 Å². The van der Waals surface area contributed by atoms with Crippen LogP contribution >= 0.6 is 23.2 Å². The summed E-state index contributed by atoms with van der Waals surface area (Å²) in [5, 5.41) is 5.58. The van der Waals surface area contributed by atoms with Gasteiger partial charge in [-0.1, -0.05) is 29.3 Å². The van der Waals surface area contributed by atoms with E-state index in [1.807, 2.05) is 30.9 Å². The zero-order chi connectivity index (χ0) is 21.7. The first-order chi connectivity index (χ1) is 14.2. The van der Waals surface area contributed by atoms with Crippen molar-refractivity contribution in [1.82, 2.24) is 24.5 Å². The van der Waals surface area contributed by atoms with Crippen molar-refractivity contribution < 1.29 is 9.59 Å². The summed E-state index contributed by atoms with van der Waals surface area (Å²) >= 11 is 12.5. The number of aromatic nitrogens is 2. The minimum atomic E-state index is -0.668. The van der Waals surface area contributed by atoms with Crippen molar-refractivity contribution >= 4 is 41.1 Å². The van der Waals surface area contributed by atoms with E-state index >= 15 is 0 Å². The second kappa shape index (κ2) is 7.59. The Balaban J connectivity index is 1.82. The normalized spacial score (nSPS) is 21.4. The summed E-state index contributed by atoms with van der Waals surface area (Å²) in [5.41, 5.74) is 2.51. The van der Waals surface area contributed by atoms with Gasteiger partial charge in [-0.05, 0) is 44.5 Å². The maximum Gasteiger partial charge on any atom is 0.328 e. The van der Waals surface area contributed by atoms with Crippen LogP contribution in [0.1, 0.15) is 23.9 Å². The Labute approximate surface area is 184 Å². The van der Waals surface area contributed by atoms with Crippen LogP contribution in [0, 0.1) is 13.8 Å². The maximum absolute atomic E-state index is 13.3. The Bertz CT molecular complexity index is 1070. The number of likely N-dealkylation sites (N-methyl/N-ethyl adjacent to an activating group) is 2. The third-order valence-corrected chi connectivity index (χ3v) is 6.03. The lowest BCUT2D eigenvalue weighted by atomic mass is 10.1. The molecule has 0 radical (unpaired) electrons. The molecule has 2 aliphatic heterocycles. The van der Waals surface area contributed by atoms with Crippen LogP contribution in [0.2, 0.25) is 10.0 Å². The zero-order valence-electron chi connectivity index (χ0n) is 17.1. The van der Waals surface area contributed by atoms with Crippen LogP contribution in [0.4, 0.5) is 4.79 Å². The standard InChI is InChI=1S/C20H22Cl2N6O2/c1-5-26-18(29)16-17(25(4)20(26)30)23-19(28-12(3)8-11(2)24-28)27(16)10-13-6-7-14(21)9-15(13)22/h6-9,16-17H,5,10H2,1-4H3. The van der Waals surface area contributed by atoms with Crippen LogP contribution in [0.15, 0.2) is 29.3 Å². The van der Waals surface area contributed by atoms with E-state index in [4.69, 9.17) is 28.2 Å². The predicted octanol–water partition coefficient (Wildman–Crippen LogP) is 3.14. The highest BCUT2D eigenvalue weighted by molar-refractivity contribution is 6.35. The summed E-state index contributed by atoms with van der Waals surface area (Å²) < 4.78 is 1.71. The molecule has 0 saturated carbocycles. The topological polar surface area (TPSA) is 74.0 Å². The molecular weight excluding hydrogens is 427 g/mol. The minimum absolute atomic E-state index is 0.282. The van der Waals surface area contributed by atoms with Crippen molar-refractivity contribution in [1.29, 1.82) is 0 Å².